The van der Waals surface area contributed by atoms with Gasteiger partial charge in [-0.1, -0.05) is 23.9 Å². The van der Waals surface area contributed by atoms with E-state index < -0.39 is 0 Å². The Bertz CT molecular complexity index is 918. The van der Waals surface area contributed by atoms with Gasteiger partial charge in [-0.25, -0.2) is 0 Å². The molecule has 0 amide bonds. The number of carbonyl (C=O) groups excluding carboxylic acids is 1. The summed E-state index contributed by atoms with van der Waals surface area (Å²) in [5.41, 5.74) is 3.06. The summed E-state index contributed by atoms with van der Waals surface area (Å²) in [6.45, 7) is 1.60. The lowest BCUT2D eigenvalue weighted by Crippen LogP contribution is -1.95. The van der Waals surface area contributed by atoms with Crippen LogP contribution in [0.25, 0.3) is 0 Å². The number of rotatable bonds is 7. The van der Waals surface area contributed by atoms with Gasteiger partial charge in [0.15, 0.2) is 5.82 Å². The third-order valence-electron chi connectivity index (χ3n) is 4.12. The van der Waals surface area contributed by atoms with Gasteiger partial charge in [-0.05, 0) is 43.5 Å². The molecule has 132 valence electrons. The SMILES string of the molecule is CC(=O)Cc1ccc(Sc2cc(Nc3cc(C4CC4)[nH]n3)cnn2)cc1. The molecule has 2 aromatic heterocycles. The number of carbonyl (C=O) groups is 1. The van der Waals surface area contributed by atoms with Gasteiger partial charge in [0, 0.05) is 29.0 Å². The van der Waals surface area contributed by atoms with E-state index in [1.54, 1.807) is 13.1 Å². The molecule has 0 saturated heterocycles. The van der Waals surface area contributed by atoms with Crippen LogP contribution in [-0.4, -0.2) is 26.2 Å². The van der Waals surface area contributed by atoms with Crippen LogP contribution in [0.15, 0.2) is 52.5 Å². The third kappa shape index (κ3) is 4.29. The predicted octanol–water partition coefficient (Wildman–Crippen LogP) is 4.10. The molecule has 1 aliphatic rings. The van der Waals surface area contributed by atoms with E-state index in [0.717, 1.165) is 27.0 Å². The summed E-state index contributed by atoms with van der Waals surface area (Å²) in [5, 5.41) is 19.7. The molecule has 1 aliphatic carbocycles. The van der Waals surface area contributed by atoms with Crippen LogP contribution < -0.4 is 5.32 Å². The lowest BCUT2D eigenvalue weighted by molar-refractivity contribution is -0.116. The molecule has 0 atom stereocenters. The van der Waals surface area contributed by atoms with Crippen molar-refractivity contribution in [1.82, 2.24) is 20.4 Å². The first-order valence-electron chi connectivity index (χ1n) is 8.57. The van der Waals surface area contributed by atoms with E-state index in [-0.39, 0.29) is 5.78 Å². The van der Waals surface area contributed by atoms with Crippen LogP contribution in [0.5, 0.6) is 0 Å². The summed E-state index contributed by atoms with van der Waals surface area (Å²) in [4.78, 5) is 12.2. The second kappa shape index (κ2) is 7.29. The highest BCUT2D eigenvalue weighted by Gasteiger charge is 2.25. The molecular weight excluding hydrogens is 346 g/mol. The van der Waals surface area contributed by atoms with Crippen molar-refractivity contribution >= 4 is 29.1 Å². The molecule has 26 heavy (non-hydrogen) atoms. The van der Waals surface area contributed by atoms with Crippen LogP contribution in [0.3, 0.4) is 0 Å². The number of H-pyrrole nitrogens is 1. The second-order valence-corrected chi connectivity index (χ2v) is 7.61. The van der Waals surface area contributed by atoms with Gasteiger partial charge in [-0.2, -0.15) is 10.2 Å². The Kier molecular flexibility index (Phi) is 4.71. The van der Waals surface area contributed by atoms with E-state index >= 15 is 0 Å². The Balaban J connectivity index is 1.42. The van der Waals surface area contributed by atoms with E-state index in [4.69, 9.17) is 0 Å². The zero-order chi connectivity index (χ0) is 17.9. The molecule has 4 rings (SSSR count). The maximum atomic E-state index is 11.2. The van der Waals surface area contributed by atoms with Gasteiger partial charge in [-0.3, -0.25) is 9.89 Å². The second-order valence-electron chi connectivity index (χ2n) is 6.52. The number of aromatic amines is 1. The van der Waals surface area contributed by atoms with Crippen molar-refractivity contribution < 1.29 is 4.79 Å². The monoisotopic (exact) mass is 365 g/mol. The number of aromatic nitrogens is 4. The lowest BCUT2D eigenvalue weighted by Gasteiger charge is -2.05. The predicted molar refractivity (Wildman–Crippen MR) is 101 cm³/mol. The van der Waals surface area contributed by atoms with Crippen LogP contribution in [0.1, 0.15) is 36.9 Å². The van der Waals surface area contributed by atoms with Gasteiger partial charge >= 0.3 is 0 Å². The first kappa shape index (κ1) is 16.8. The van der Waals surface area contributed by atoms with Crippen LogP contribution in [0.2, 0.25) is 0 Å². The Morgan fingerprint density at radius 1 is 1.27 bits per heavy atom. The van der Waals surface area contributed by atoms with Crippen LogP contribution in [-0.2, 0) is 11.2 Å². The zero-order valence-electron chi connectivity index (χ0n) is 14.4. The number of hydrogen-bond acceptors (Lipinski definition) is 6. The molecule has 1 aromatic carbocycles. The Morgan fingerprint density at radius 3 is 2.81 bits per heavy atom. The molecule has 6 nitrogen and oxygen atoms in total. The Hall–Kier alpha value is -2.67. The maximum absolute atomic E-state index is 11.2. The summed E-state index contributed by atoms with van der Waals surface area (Å²) in [6, 6.07) is 12.0. The average Bonchev–Trinajstić information content (AvgIpc) is 3.37. The molecule has 0 bridgehead atoms. The van der Waals surface area contributed by atoms with Gasteiger partial charge < -0.3 is 5.32 Å². The van der Waals surface area contributed by atoms with E-state index in [2.05, 4.69) is 31.8 Å². The molecule has 0 unspecified atom stereocenters. The number of benzene rings is 1. The minimum Gasteiger partial charge on any atom is -0.337 e. The number of ketones is 1. The topological polar surface area (TPSA) is 83.6 Å². The minimum atomic E-state index is 0.165. The summed E-state index contributed by atoms with van der Waals surface area (Å²) in [7, 11) is 0. The fourth-order valence-electron chi connectivity index (χ4n) is 2.70. The molecule has 3 aromatic rings. The number of hydrogen-bond donors (Lipinski definition) is 2. The summed E-state index contributed by atoms with van der Waals surface area (Å²) in [6.07, 6.45) is 4.64. The number of nitrogens with zero attached hydrogens (tertiary/aromatic N) is 3. The number of nitrogens with one attached hydrogen (secondary N) is 2. The van der Waals surface area contributed by atoms with Crippen LogP contribution in [0, 0.1) is 0 Å². The summed E-state index contributed by atoms with van der Waals surface area (Å²) in [5.74, 6) is 1.60. The van der Waals surface area contributed by atoms with E-state index in [1.165, 1.54) is 30.3 Å². The fourth-order valence-corrected chi connectivity index (χ4v) is 3.49. The molecule has 7 heteroatoms. The third-order valence-corrected chi connectivity index (χ3v) is 5.03. The fraction of sp³-hybridized carbons (Fsp3) is 0.263. The number of anilines is 2. The van der Waals surface area contributed by atoms with Crippen molar-refractivity contribution in [2.45, 2.75) is 42.0 Å². The van der Waals surface area contributed by atoms with Gasteiger partial charge in [0.1, 0.15) is 10.8 Å². The normalized spacial score (nSPS) is 13.6. The summed E-state index contributed by atoms with van der Waals surface area (Å²) >= 11 is 1.53. The first-order valence-corrected chi connectivity index (χ1v) is 9.38. The van der Waals surface area contributed by atoms with Gasteiger partial charge in [0.25, 0.3) is 0 Å². The average molecular weight is 365 g/mol. The molecule has 2 N–H and O–H groups in total. The van der Waals surface area contributed by atoms with Crippen molar-refractivity contribution in [3.8, 4) is 0 Å². The highest BCUT2D eigenvalue weighted by atomic mass is 32.2. The molecule has 0 aliphatic heterocycles. The van der Waals surface area contributed by atoms with E-state index in [1.807, 2.05) is 30.3 Å². The maximum Gasteiger partial charge on any atom is 0.152 e. The summed E-state index contributed by atoms with van der Waals surface area (Å²) < 4.78 is 0. The van der Waals surface area contributed by atoms with Crippen molar-refractivity contribution in [3.63, 3.8) is 0 Å². The van der Waals surface area contributed by atoms with Crippen molar-refractivity contribution in [2.75, 3.05) is 5.32 Å². The largest absolute Gasteiger partial charge is 0.337 e. The smallest absolute Gasteiger partial charge is 0.152 e. The molecule has 1 fully saturated rings. The van der Waals surface area contributed by atoms with E-state index in [0.29, 0.717) is 12.3 Å². The van der Waals surface area contributed by atoms with Crippen molar-refractivity contribution in [1.29, 1.82) is 0 Å². The minimum absolute atomic E-state index is 0.165. The Labute approximate surface area is 155 Å². The molecular formula is C19H19N5OS. The van der Waals surface area contributed by atoms with Crippen molar-refractivity contribution in [2.24, 2.45) is 0 Å². The van der Waals surface area contributed by atoms with Crippen LogP contribution in [0.4, 0.5) is 11.5 Å². The first-order chi connectivity index (χ1) is 12.7. The van der Waals surface area contributed by atoms with Crippen LogP contribution >= 0.6 is 11.8 Å². The van der Waals surface area contributed by atoms with Crippen molar-refractivity contribution in [3.05, 3.63) is 53.9 Å². The molecule has 0 radical (unpaired) electrons. The lowest BCUT2D eigenvalue weighted by atomic mass is 10.1. The van der Waals surface area contributed by atoms with Gasteiger partial charge in [-0.15, -0.1) is 5.10 Å². The molecule has 2 heterocycles. The molecule has 1 saturated carbocycles. The van der Waals surface area contributed by atoms with Gasteiger partial charge in [0.05, 0.1) is 11.9 Å². The van der Waals surface area contributed by atoms with Gasteiger partial charge in [0.2, 0.25) is 0 Å². The number of Topliss-reactive ketones (excluding diaryl/α,β-unsaturated/α-hetero) is 1. The molecule has 0 spiro atoms. The zero-order valence-corrected chi connectivity index (χ0v) is 15.2. The Morgan fingerprint density at radius 2 is 2.08 bits per heavy atom. The van der Waals surface area contributed by atoms with E-state index in [9.17, 15) is 4.79 Å². The highest BCUT2D eigenvalue weighted by Crippen LogP contribution is 2.39. The standard InChI is InChI=1S/C19H19N5OS/c1-12(25)8-13-2-6-16(7-3-13)26-19-9-15(11-20-24-19)21-18-10-17(22-23-18)14-4-5-14/h2-3,6-7,9-11,14H,4-5,8H2,1H3,(H2,21,22,23,24). The quantitative estimate of drug-likeness (QED) is 0.656. The highest BCUT2D eigenvalue weighted by molar-refractivity contribution is 7.99.